The van der Waals surface area contributed by atoms with E-state index in [-0.39, 0.29) is 24.9 Å². The van der Waals surface area contributed by atoms with Gasteiger partial charge in [0.05, 0.1) is 13.2 Å². The standard InChI is InChI=1S/C25H25F3N4O6/c1-11-6-15(26)13(16(27)7-11)8-29-22(35)14-9-32-17-10-31(24(36)18(32)20(34)19(14)33)12(2)4-5-25(17)21(28)23(37-3)30-38-25/h6-7,9,12,17,21,34H,4-5,8,10H2,1-3H3,(H,29,35)/t12-,17+,21-,25+/m0/s1. The lowest BCUT2D eigenvalue weighted by Gasteiger charge is -2.42. The van der Waals surface area contributed by atoms with Crippen molar-refractivity contribution in [2.75, 3.05) is 13.7 Å². The van der Waals surface area contributed by atoms with Crippen LogP contribution in [0.1, 0.15) is 57.8 Å². The molecule has 1 saturated heterocycles. The molecule has 10 nitrogen and oxygen atoms in total. The van der Waals surface area contributed by atoms with E-state index in [1.54, 1.807) is 6.92 Å². The number of alkyl halides is 1. The van der Waals surface area contributed by atoms with Crippen molar-refractivity contribution in [1.82, 2.24) is 14.8 Å². The van der Waals surface area contributed by atoms with E-state index in [9.17, 15) is 28.3 Å². The Balaban J connectivity index is 1.57. The fourth-order valence-electron chi connectivity index (χ4n) is 5.40. The van der Waals surface area contributed by atoms with Gasteiger partial charge in [0.1, 0.15) is 17.2 Å². The number of oxime groups is 1. The summed E-state index contributed by atoms with van der Waals surface area (Å²) in [4.78, 5) is 46.3. The second kappa shape index (κ2) is 9.07. The molecule has 2 amide bonds. The van der Waals surface area contributed by atoms with Crippen LogP contribution in [0.2, 0.25) is 0 Å². The van der Waals surface area contributed by atoms with Crippen LogP contribution >= 0.6 is 0 Å². The number of hydrogen-bond acceptors (Lipinski definition) is 7. The Labute approximate surface area is 214 Å². The number of rotatable bonds is 3. The summed E-state index contributed by atoms with van der Waals surface area (Å²) in [6.07, 6.45) is -0.361. The fourth-order valence-corrected chi connectivity index (χ4v) is 5.40. The number of nitrogens with zero attached hydrogens (tertiary/aromatic N) is 3. The highest BCUT2D eigenvalue weighted by molar-refractivity contribution is 5.99. The molecule has 3 aliphatic heterocycles. The van der Waals surface area contributed by atoms with Crippen molar-refractivity contribution in [3.8, 4) is 5.75 Å². The van der Waals surface area contributed by atoms with Crippen molar-refractivity contribution in [2.45, 2.75) is 57.1 Å². The first-order valence-electron chi connectivity index (χ1n) is 12.0. The predicted molar refractivity (Wildman–Crippen MR) is 127 cm³/mol. The lowest BCUT2D eigenvalue weighted by molar-refractivity contribution is -0.0960. The van der Waals surface area contributed by atoms with Gasteiger partial charge in [-0.1, -0.05) is 0 Å². The summed E-state index contributed by atoms with van der Waals surface area (Å²) in [5.74, 6) is -4.78. The third kappa shape index (κ3) is 3.71. The minimum absolute atomic E-state index is 0.0525. The number of benzene rings is 1. The molecule has 2 aromatic rings. The maximum atomic E-state index is 15.7. The molecule has 1 aromatic heterocycles. The first-order chi connectivity index (χ1) is 18.0. The van der Waals surface area contributed by atoms with Crippen LogP contribution in [-0.4, -0.2) is 63.8 Å². The van der Waals surface area contributed by atoms with Crippen molar-refractivity contribution in [3.05, 3.63) is 62.6 Å². The average Bonchev–Trinajstić information content (AvgIpc) is 3.12. The van der Waals surface area contributed by atoms with Crippen molar-refractivity contribution < 1.29 is 37.4 Å². The Hall–Kier alpha value is -4.03. The second-order valence-electron chi connectivity index (χ2n) is 9.77. The molecule has 1 aromatic carbocycles. The van der Waals surface area contributed by atoms with Gasteiger partial charge in [-0.2, -0.15) is 0 Å². The molecule has 4 heterocycles. The molecule has 5 rings (SSSR count). The van der Waals surface area contributed by atoms with Crippen LogP contribution < -0.4 is 10.7 Å². The molecule has 13 heteroatoms. The first kappa shape index (κ1) is 25.6. The van der Waals surface area contributed by atoms with Gasteiger partial charge in [0, 0.05) is 30.9 Å². The number of methoxy groups -OCH3 is 1. The molecule has 0 aliphatic carbocycles. The van der Waals surface area contributed by atoms with Crippen molar-refractivity contribution in [1.29, 1.82) is 0 Å². The Kier molecular flexibility index (Phi) is 6.11. The van der Waals surface area contributed by atoms with E-state index in [0.29, 0.717) is 12.0 Å². The maximum Gasteiger partial charge on any atom is 0.274 e. The SMILES string of the molecule is COC1=NO[C@@]2(CC[C@H](C)N3C[C@H]2n2cc(C(=O)NCc4c(F)cc(C)cc4F)c(=O)c(O)c2C3=O)[C@H]1F. The Morgan fingerprint density at radius 1 is 1.32 bits per heavy atom. The molecule has 1 fully saturated rings. The van der Waals surface area contributed by atoms with Gasteiger partial charge in [0.25, 0.3) is 17.7 Å². The number of nitrogens with one attached hydrogen (secondary N) is 1. The second-order valence-corrected chi connectivity index (χ2v) is 9.77. The molecular weight excluding hydrogens is 509 g/mol. The predicted octanol–water partition coefficient (Wildman–Crippen LogP) is 2.32. The van der Waals surface area contributed by atoms with Gasteiger partial charge in [-0.25, -0.2) is 13.2 Å². The maximum absolute atomic E-state index is 15.7. The van der Waals surface area contributed by atoms with Crippen molar-refractivity contribution >= 4 is 17.7 Å². The van der Waals surface area contributed by atoms with Gasteiger partial charge in [0.2, 0.25) is 11.6 Å². The molecule has 4 atom stereocenters. The van der Waals surface area contributed by atoms with Gasteiger partial charge in [0.15, 0.2) is 17.0 Å². The van der Waals surface area contributed by atoms with E-state index in [4.69, 9.17) is 9.57 Å². The van der Waals surface area contributed by atoms with Crippen LogP contribution in [0.4, 0.5) is 13.2 Å². The minimum atomic E-state index is -1.84. The molecular formula is C25H25F3N4O6. The highest BCUT2D eigenvalue weighted by Crippen LogP contribution is 2.47. The number of ether oxygens (including phenoxy) is 1. The number of amides is 2. The first-order valence-corrected chi connectivity index (χ1v) is 12.0. The minimum Gasteiger partial charge on any atom is -0.503 e. The lowest BCUT2D eigenvalue weighted by Crippen LogP contribution is -2.55. The highest BCUT2D eigenvalue weighted by Gasteiger charge is 2.61. The van der Waals surface area contributed by atoms with E-state index in [1.165, 1.54) is 18.9 Å². The number of aromatic nitrogens is 1. The number of fused-ring (bicyclic) bond motifs is 5. The summed E-state index contributed by atoms with van der Waals surface area (Å²) in [6, 6.07) is 0.813. The zero-order valence-electron chi connectivity index (χ0n) is 20.8. The highest BCUT2D eigenvalue weighted by atomic mass is 19.1. The van der Waals surface area contributed by atoms with E-state index < -0.39 is 75.8 Å². The molecule has 2 N–H and O–H groups in total. The summed E-state index contributed by atoms with van der Waals surface area (Å²) in [5, 5.41) is 16.8. The van der Waals surface area contributed by atoms with Gasteiger partial charge >= 0.3 is 0 Å². The molecule has 38 heavy (non-hydrogen) atoms. The van der Waals surface area contributed by atoms with Crippen LogP contribution in [-0.2, 0) is 16.1 Å². The number of carbonyl (C=O) groups excluding carboxylic acids is 2. The Morgan fingerprint density at radius 2 is 2.00 bits per heavy atom. The number of hydrogen-bond donors (Lipinski definition) is 2. The zero-order valence-corrected chi connectivity index (χ0v) is 20.8. The Morgan fingerprint density at radius 3 is 2.63 bits per heavy atom. The van der Waals surface area contributed by atoms with Gasteiger partial charge in [-0.15, -0.1) is 0 Å². The topological polar surface area (TPSA) is 122 Å². The van der Waals surface area contributed by atoms with E-state index in [2.05, 4.69) is 10.5 Å². The summed E-state index contributed by atoms with van der Waals surface area (Å²) >= 11 is 0. The largest absolute Gasteiger partial charge is 0.503 e. The van der Waals surface area contributed by atoms with Crippen LogP contribution in [0.5, 0.6) is 5.75 Å². The van der Waals surface area contributed by atoms with Gasteiger partial charge in [-0.05, 0) is 49.5 Å². The number of halogens is 3. The average molecular weight is 534 g/mol. The van der Waals surface area contributed by atoms with Crippen LogP contribution in [0, 0.1) is 18.6 Å². The zero-order chi connectivity index (χ0) is 27.5. The normalized spacial score (nSPS) is 25.9. The monoisotopic (exact) mass is 534 g/mol. The smallest absolute Gasteiger partial charge is 0.274 e. The van der Waals surface area contributed by atoms with E-state index in [0.717, 1.165) is 22.9 Å². The van der Waals surface area contributed by atoms with Gasteiger partial charge in [-0.3, -0.25) is 14.4 Å². The van der Waals surface area contributed by atoms with Crippen molar-refractivity contribution in [2.24, 2.45) is 5.16 Å². The molecule has 3 aliphatic rings. The molecule has 0 radical (unpaired) electrons. The molecule has 2 bridgehead atoms. The van der Waals surface area contributed by atoms with Crippen LogP contribution in [0.3, 0.4) is 0 Å². The van der Waals surface area contributed by atoms with Crippen LogP contribution in [0.15, 0.2) is 28.3 Å². The molecule has 0 unspecified atom stereocenters. The summed E-state index contributed by atoms with van der Waals surface area (Å²) in [7, 11) is 1.24. The number of aromatic hydroxyl groups is 1. The third-order valence-electron chi connectivity index (χ3n) is 7.54. The third-order valence-corrected chi connectivity index (χ3v) is 7.54. The fraction of sp³-hybridized carbons (Fsp3) is 0.440. The Bertz CT molecular complexity index is 1420. The lowest BCUT2D eigenvalue weighted by atomic mass is 9.84. The van der Waals surface area contributed by atoms with E-state index in [1.807, 2.05) is 0 Å². The van der Waals surface area contributed by atoms with E-state index >= 15 is 4.39 Å². The van der Waals surface area contributed by atoms with Gasteiger partial charge < -0.3 is 29.5 Å². The number of carbonyl (C=O) groups is 2. The molecule has 0 saturated carbocycles. The summed E-state index contributed by atoms with van der Waals surface area (Å²) in [5.41, 5.74) is -3.90. The van der Waals surface area contributed by atoms with Crippen LogP contribution in [0.25, 0.3) is 0 Å². The molecule has 1 spiro atoms. The number of pyridine rings is 1. The van der Waals surface area contributed by atoms with Crippen molar-refractivity contribution in [3.63, 3.8) is 0 Å². The quantitative estimate of drug-likeness (QED) is 0.624. The summed E-state index contributed by atoms with van der Waals surface area (Å²) < 4.78 is 50.4. The molecule has 202 valence electrons. The number of aryl methyl sites for hydroxylation is 1. The summed E-state index contributed by atoms with van der Waals surface area (Å²) in [6.45, 7) is 2.62.